The number of hydrogen-bond acceptors (Lipinski definition) is 5. The molecule has 2 aliphatic rings. The summed E-state index contributed by atoms with van der Waals surface area (Å²) in [4.78, 5) is 27.2. The van der Waals surface area contributed by atoms with Crippen molar-refractivity contribution in [1.82, 2.24) is 4.90 Å². The normalized spacial score (nSPS) is 22.2. The number of nitrogens with zero attached hydrogens (tertiary/aromatic N) is 2. The quantitative estimate of drug-likeness (QED) is 0.771. The number of carbonyl (C=O) groups excluding carboxylic acids is 2. The minimum atomic E-state index is -3.03. The summed E-state index contributed by atoms with van der Waals surface area (Å²) in [7, 11) is -1.43. The van der Waals surface area contributed by atoms with Crippen LogP contribution in [0.1, 0.15) is 19.3 Å². The minimum Gasteiger partial charge on any atom is -0.484 e. The van der Waals surface area contributed by atoms with Crippen LogP contribution in [0, 0.1) is 0 Å². The van der Waals surface area contributed by atoms with Crippen LogP contribution in [0.4, 0.5) is 5.69 Å². The fourth-order valence-corrected chi connectivity index (χ4v) is 4.97. The predicted octanol–water partition coefficient (Wildman–Crippen LogP) is 0.838. The molecule has 1 aromatic rings. The lowest BCUT2D eigenvalue weighted by Gasteiger charge is -2.23. The molecule has 0 spiro atoms. The van der Waals surface area contributed by atoms with E-state index in [9.17, 15) is 18.0 Å². The molecule has 1 unspecified atom stereocenters. The number of benzene rings is 1. The molecular weight excluding hydrogens is 344 g/mol. The molecule has 0 aliphatic carbocycles. The molecule has 1 atom stereocenters. The van der Waals surface area contributed by atoms with Gasteiger partial charge >= 0.3 is 0 Å². The monoisotopic (exact) mass is 366 g/mol. The van der Waals surface area contributed by atoms with E-state index in [0.29, 0.717) is 25.1 Å². The predicted molar refractivity (Wildman–Crippen MR) is 93.4 cm³/mol. The van der Waals surface area contributed by atoms with E-state index in [2.05, 4.69) is 0 Å². The Balaban J connectivity index is 1.58. The fourth-order valence-electron chi connectivity index (χ4n) is 3.19. The lowest BCUT2D eigenvalue weighted by atomic mass is 10.2. The zero-order valence-electron chi connectivity index (χ0n) is 14.2. The molecule has 8 heteroatoms. The topological polar surface area (TPSA) is 84.0 Å². The maximum absolute atomic E-state index is 12.2. The number of likely N-dealkylation sites (N-methyl/N-ethyl adjacent to an activating group) is 1. The van der Waals surface area contributed by atoms with Gasteiger partial charge in [0, 0.05) is 37.8 Å². The third kappa shape index (κ3) is 4.12. The molecule has 0 N–H and O–H groups in total. The summed E-state index contributed by atoms with van der Waals surface area (Å²) in [5.74, 6) is 0.488. The van der Waals surface area contributed by atoms with Gasteiger partial charge in [-0.3, -0.25) is 9.59 Å². The molecule has 0 saturated carbocycles. The number of ether oxygens (including phenoxy) is 1. The Hall–Kier alpha value is -2.09. The molecule has 2 heterocycles. The van der Waals surface area contributed by atoms with Crippen molar-refractivity contribution in [3.8, 4) is 5.75 Å². The second-order valence-electron chi connectivity index (χ2n) is 6.50. The standard InChI is InChI=1S/C17H22N2O5S/c1-18(14-7-9-25(22,23)12-14)17(21)11-24-15-5-2-4-13(10-15)19-8-3-6-16(19)20/h2,4-5,10,14H,3,6-9,11-12H2,1H3. The number of carbonyl (C=O) groups is 2. The van der Waals surface area contributed by atoms with Crippen molar-refractivity contribution in [2.75, 3.05) is 36.6 Å². The molecule has 0 radical (unpaired) electrons. The van der Waals surface area contributed by atoms with Crippen LogP contribution in [-0.2, 0) is 19.4 Å². The van der Waals surface area contributed by atoms with Gasteiger partial charge in [-0.2, -0.15) is 0 Å². The highest BCUT2D eigenvalue weighted by atomic mass is 32.2. The van der Waals surface area contributed by atoms with E-state index in [1.54, 1.807) is 30.1 Å². The summed E-state index contributed by atoms with van der Waals surface area (Å²) >= 11 is 0. The highest BCUT2D eigenvalue weighted by molar-refractivity contribution is 7.91. The average Bonchev–Trinajstić information content (AvgIpc) is 3.17. The summed E-state index contributed by atoms with van der Waals surface area (Å²) in [6, 6.07) is 6.82. The molecule has 2 saturated heterocycles. The average molecular weight is 366 g/mol. The van der Waals surface area contributed by atoms with Crippen LogP contribution >= 0.6 is 0 Å². The van der Waals surface area contributed by atoms with Crippen LogP contribution in [0.2, 0.25) is 0 Å². The zero-order chi connectivity index (χ0) is 18.0. The number of anilines is 1. The van der Waals surface area contributed by atoms with E-state index in [0.717, 1.165) is 12.1 Å². The number of hydrogen-bond donors (Lipinski definition) is 0. The van der Waals surface area contributed by atoms with E-state index in [1.807, 2.05) is 6.07 Å². The highest BCUT2D eigenvalue weighted by Crippen LogP contribution is 2.25. The molecule has 2 fully saturated rings. The summed E-state index contributed by atoms with van der Waals surface area (Å²) in [5, 5.41) is 0. The first-order valence-electron chi connectivity index (χ1n) is 8.35. The molecule has 0 aromatic heterocycles. The maximum atomic E-state index is 12.2. The Bertz CT molecular complexity index is 777. The van der Waals surface area contributed by atoms with Gasteiger partial charge < -0.3 is 14.5 Å². The third-order valence-corrected chi connectivity index (χ3v) is 6.46. The van der Waals surface area contributed by atoms with Gasteiger partial charge in [-0.1, -0.05) is 6.07 Å². The van der Waals surface area contributed by atoms with E-state index in [4.69, 9.17) is 4.74 Å². The van der Waals surface area contributed by atoms with Crippen molar-refractivity contribution in [3.63, 3.8) is 0 Å². The minimum absolute atomic E-state index is 0.0157. The molecule has 2 aliphatic heterocycles. The van der Waals surface area contributed by atoms with Crippen LogP contribution in [0.5, 0.6) is 5.75 Å². The van der Waals surface area contributed by atoms with Gasteiger partial charge in [0.2, 0.25) is 5.91 Å². The molecule has 1 aromatic carbocycles. The zero-order valence-corrected chi connectivity index (χ0v) is 15.0. The van der Waals surface area contributed by atoms with Gasteiger partial charge in [0.15, 0.2) is 16.4 Å². The van der Waals surface area contributed by atoms with Crippen LogP contribution in [0.25, 0.3) is 0 Å². The van der Waals surface area contributed by atoms with Crippen LogP contribution < -0.4 is 9.64 Å². The first-order chi connectivity index (χ1) is 11.9. The summed E-state index contributed by atoms with van der Waals surface area (Å²) in [6.45, 7) is 0.532. The molecule has 25 heavy (non-hydrogen) atoms. The Kier molecular flexibility index (Phi) is 4.99. The van der Waals surface area contributed by atoms with E-state index >= 15 is 0 Å². The highest BCUT2D eigenvalue weighted by Gasteiger charge is 2.32. The second kappa shape index (κ2) is 7.03. The van der Waals surface area contributed by atoms with E-state index < -0.39 is 9.84 Å². The first kappa shape index (κ1) is 17.7. The largest absolute Gasteiger partial charge is 0.484 e. The Morgan fingerprint density at radius 3 is 2.84 bits per heavy atom. The Morgan fingerprint density at radius 2 is 2.20 bits per heavy atom. The maximum Gasteiger partial charge on any atom is 0.260 e. The summed E-state index contributed by atoms with van der Waals surface area (Å²) in [6.07, 6.45) is 1.87. The van der Waals surface area contributed by atoms with Crippen molar-refractivity contribution in [1.29, 1.82) is 0 Å². The smallest absolute Gasteiger partial charge is 0.260 e. The summed E-state index contributed by atoms with van der Waals surface area (Å²) in [5.41, 5.74) is 0.766. The first-order valence-corrected chi connectivity index (χ1v) is 10.2. The van der Waals surface area contributed by atoms with E-state index in [-0.39, 0.29) is 36.0 Å². The van der Waals surface area contributed by atoms with Crippen molar-refractivity contribution in [3.05, 3.63) is 24.3 Å². The van der Waals surface area contributed by atoms with Crippen molar-refractivity contribution in [2.24, 2.45) is 0 Å². The SMILES string of the molecule is CN(C(=O)COc1cccc(N2CCCC2=O)c1)C1CCS(=O)(=O)C1. The molecule has 7 nitrogen and oxygen atoms in total. The molecular formula is C17H22N2O5S. The van der Waals surface area contributed by atoms with E-state index in [1.165, 1.54) is 4.90 Å². The van der Waals surface area contributed by atoms with Crippen LogP contribution in [-0.4, -0.2) is 62.9 Å². The summed E-state index contributed by atoms with van der Waals surface area (Å²) < 4.78 is 28.6. The lowest BCUT2D eigenvalue weighted by Crippen LogP contribution is -2.40. The number of rotatable bonds is 5. The van der Waals surface area contributed by atoms with Gasteiger partial charge in [-0.05, 0) is 25.0 Å². The van der Waals surface area contributed by atoms with Gasteiger partial charge in [-0.25, -0.2) is 8.42 Å². The molecule has 3 rings (SSSR count). The van der Waals surface area contributed by atoms with Crippen molar-refractivity contribution in [2.45, 2.75) is 25.3 Å². The lowest BCUT2D eigenvalue weighted by molar-refractivity contribution is -0.133. The van der Waals surface area contributed by atoms with Gasteiger partial charge in [0.05, 0.1) is 11.5 Å². The molecule has 136 valence electrons. The van der Waals surface area contributed by atoms with Crippen molar-refractivity contribution < 1.29 is 22.7 Å². The van der Waals surface area contributed by atoms with Crippen LogP contribution in [0.15, 0.2) is 24.3 Å². The third-order valence-electron chi connectivity index (χ3n) is 4.71. The van der Waals surface area contributed by atoms with Crippen LogP contribution in [0.3, 0.4) is 0 Å². The number of amides is 2. The van der Waals surface area contributed by atoms with Crippen molar-refractivity contribution >= 4 is 27.3 Å². The molecule has 2 amide bonds. The Morgan fingerprint density at radius 1 is 1.40 bits per heavy atom. The van der Waals surface area contributed by atoms with Gasteiger partial charge in [0.25, 0.3) is 5.91 Å². The fraction of sp³-hybridized carbons (Fsp3) is 0.529. The Labute approximate surface area is 147 Å². The molecule has 0 bridgehead atoms. The number of sulfone groups is 1. The van der Waals surface area contributed by atoms with Gasteiger partial charge in [0.1, 0.15) is 5.75 Å². The second-order valence-corrected chi connectivity index (χ2v) is 8.73. The van der Waals surface area contributed by atoms with Gasteiger partial charge in [-0.15, -0.1) is 0 Å².